The molecule has 2 aliphatic rings. The Hall–Kier alpha value is -1.76. The maximum Gasteiger partial charge on any atom is 0.188 e. The number of rotatable bonds is 7. The first-order chi connectivity index (χ1) is 12.1. The summed E-state index contributed by atoms with van der Waals surface area (Å²) in [5, 5.41) is 10.1. The van der Waals surface area contributed by atoms with Gasteiger partial charge >= 0.3 is 0 Å². The lowest BCUT2D eigenvalue weighted by molar-refractivity contribution is 0.0321. The van der Waals surface area contributed by atoms with Gasteiger partial charge in [0.2, 0.25) is 0 Å². The monoisotopic (exact) mass is 349 g/mol. The smallest absolute Gasteiger partial charge is 0.188 e. The van der Waals surface area contributed by atoms with E-state index in [1.165, 1.54) is 11.3 Å². The van der Waals surface area contributed by atoms with Crippen LogP contribution in [0.2, 0.25) is 0 Å². The zero-order valence-corrected chi connectivity index (χ0v) is 15.2. The maximum atomic E-state index is 10.1. The van der Waals surface area contributed by atoms with Gasteiger partial charge in [-0.1, -0.05) is 6.07 Å². The summed E-state index contributed by atoms with van der Waals surface area (Å²) < 4.78 is 21.4. The second-order valence-electron chi connectivity index (χ2n) is 6.67. The molecule has 6 nitrogen and oxygen atoms in total. The second kappa shape index (κ2) is 7.64. The molecular formula is C19H27NO5. The Labute approximate surface area is 148 Å². The first-order valence-electron chi connectivity index (χ1n) is 8.60. The molecule has 1 aromatic carbocycles. The molecule has 1 aromatic rings. The van der Waals surface area contributed by atoms with Gasteiger partial charge in [0.25, 0.3) is 0 Å². The van der Waals surface area contributed by atoms with Crippen LogP contribution in [0.1, 0.15) is 24.8 Å². The summed E-state index contributed by atoms with van der Waals surface area (Å²) in [6.07, 6.45) is 4.36. The van der Waals surface area contributed by atoms with Crippen molar-refractivity contribution in [1.29, 1.82) is 0 Å². The third kappa shape index (κ3) is 3.47. The lowest BCUT2D eigenvalue weighted by atomic mass is 9.70. The van der Waals surface area contributed by atoms with E-state index < -0.39 is 0 Å². The minimum Gasteiger partial charge on any atom is -0.464 e. The number of likely N-dealkylation sites (tertiary alicyclic amines) is 1. The Morgan fingerprint density at radius 3 is 2.56 bits per heavy atom. The number of fused-ring (bicyclic) bond motifs is 1. The van der Waals surface area contributed by atoms with Gasteiger partial charge in [0.05, 0.1) is 6.10 Å². The Morgan fingerprint density at radius 2 is 1.84 bits per heavy atom. The number of nitrogens with zero attached hydrogens (tertiary/aromatic N) is 1. The van der Waals surface area contributed by atoms with Crippen molar-refractivity contribution in [3.05, 3.63) is 35.5 Å². The van der Waals surface area contributed by atoms with Gasteiger partial charge in [-0.15, -0.1) is 0 Å². The molecule has 0 bridgehead atoms. The van der Waals surface area contributed by atoms with Gasteiger partial charge in [0.1, 0.15) is 0 Å². The number of hydrogen-bond acceptors (Lipinski definition) is 6. The number of methoxy groups -OCH3 is 2. The van der Waals surface area contributed by atoms with Crippen molar-refractivity contribution in [2.24, 2.45) is 0 Å². The molecule has 2 atom stereocenters. The topological polar surface area (TPSA) is 60.4 Å². The molecule has 1 aliphatic carbocycles. The van der Waals surface area contributed by atoms with E-state index in [9.17, 15) is 5.11 Å². The zero-order valence-electron chi connectivity index (χ0n) is 15.2. The van der Waals surface area contributed by atoms with Crippen LogP contribution in [0, 0.1) is 0 Å². The lowest BCUT2D eigenvalue weighted by Crippen LogP contribution is -2.33. The molecule has 0 amide bonds. The number of likely N-dealkylation sites (N-methyl/N-ethyl adjacent to an activating group) is 1. The predicted octanol–water partition coefficient (Wildman–Crippen LogP) is 2.26. The minimum absolute atomic E-state index is 0.0705. The van der Waals surface area contributed by atoms with E-state index in [0.29, 0.717) is 11.5 Å². The summed E-state index contributed by atoms with van der Waals surface area (Å²) in [5.74, 6) is 1.28. The van der Waals surface area contributed by atoms with Crippen molar-refractivity contribution >= 4 is 0 Å². The zero-order chi connectivity index (χ0) is 17.9. The lowest BCUT2D eigenvalue weighted by Gasteiger charge is -2.37. The van der Waals surface area contributed by atoms with Crippen molar-refractivity contribution in [3.8, 4) is 11.5 Å². The van der Waals surface area contributed by atoms with E-state index in [2.05, 4.69) is 18.0 Å². The first-order valence-corrected chi connectivity index (χ1v) is 8.60. The molecule has 0 radical (unpaired) electrons. The van der Waals surface area contributed by atoms with Crippen LogP contribution >= 0.6 is 0 Å². The fourth-order valence-electron chi connectivity index (χ4n) is 3.89. The summed E-state index contributed by atoms with van der Waals surface area (Å²) in [4.78, 5) is 2.24. The van der Waals surface area contributed by atoms with Gasteiger partial charge in [0.15, 0.2) is 25.1 Å². The van der Waals surface area contributed by atoms with Crippen molar-refractivity contribution in [1.82, 2.24) is 4.90 Å². The van der Waals surface area contributed by atoms with Crippen LogP contribution in [0.4, 0.5) is 0 Å². The van der Waals surface area contributed by atoms with Crippen LogP contribution in [-0.2, 0) is 14.9 Å². The highest BCUT2D eigenvalue weighted by molar-refractivity contribution is 5.49. The van der Waals surface area contributed by atoms with Crippen LogP contribution < -0.4 is 9.47 Å². The molecule has 1 N–H and O–H groups in total. The average Bonchev–Trinajstić information content (AvgIpc) is 2.96. The van der Waals surface area contributed by atoms with Gasteiger partial charge in [-0.05, 0) is 43.0 Å². The summed E-state index contributed by atoms with van der Waals surface area (Å²) in [6, 6.07) is 6.05. The van der Waals surface area contributed by atoms with Gasteiger partial charge in [-0.3, -0.25) is 0 Å². The molecule has 0 unspecified atom stereocenters. The molecule has 1 aliphatic heterocycles. The van der Waals surface area contributed by atoms with E-state index in [4.69, 9.17) is 18.9 Å². The largest absolute Gasteiger partial charge is 0.464 e. The van der Waals surface area contributed by atoms with Crippen molar-refractivity contribution in [2.75, 3.05) is 41.4 Å². The minimum atomic E-state index is -0.364. The number of benzene rings is 1. The molecule has 0 aromatic heterocycles. The van der Waals surface area contributed by atoms with Crippen LogP contribution in [0.15, 0.2) is 30.0 Å². The van der Waals surface area contributed by atoms with Crippen LogP contribution in [0.5, 0.6) is 11.5 Å². The third-order valence-corrected chi connectivity index (χ3v) is 5.15. The normalized spacial score (nSPS) is 25.5. The Kier molecular flexibility index (Phi) is 5.51. The van der Waals surface area contributed by atoms with Crippen LogP contribution in [0.25, 0.3) is 0 Å². The van der Waals surface area contributed by atoms with E-state index in [-0.39, 0.29) is 25.1 Å². The molecule has 0 saturated carbocycles. The van der Waals surface area contributed by atoms with E-state index in [0.717, 1.165) is 25.8 Å². The van der Waals surface area contributed by atoms with E-state index in [1.807, 2.05) is 18.2 Å². The summed E-state index contributed by atoms with van der Waals surface area (Å²) >= 11 is 0. The van der Waals surface area contributed by atoms with Gasteiger partial charge < -0.3 is 29.0 Å². The average molecular weight is 349 g/mol. The summed E-state index contributed by atoms with van der Waals surface area (Å²) in [5.41, 5.74) is 2.32. The molecule has 1 heterocycles. The Morgan fingerprint density at radius 1 is 1.12 bits per heavy atom. The molecule has 6 heteroatoms. The number of hydrogen-bond donors (Lipinski definition) is 1. The third-order valence-electron chi connectivity index (χ3n) is 5.15. The summed E-state index contributed by atoms with van der Waals surface area (Å²) in [6.45, 7) is 1.30. The second-order valence-corrected chi connectivity index (χ2v) is 6.67. The molecular weight excluding hydrogens is 322 g/mol. The first kappa shape index (κ1) is 18.0. The molecule has 1 fully saturated rings. The van der Waals surface area contributed by atoms with E-state index in [1.54, 1.807) is 14.2 Å². The number of ether oxygens (including phenoxy) is 4. The SMILES string of the molecule is COCOc1ccc([C@@]23CC[C@@H](O)C=C2N(C)CC3)cc1OCOC. The fraction of sp³-hybridized carbons (Fsp3) is 0.579. The highest BCUT2D eigenvalue weighted by atomic mass is 16.7. The Bertz CT molecular complexity index is 632. The molecule has 1 saturated heterocycles. The number of aliphatic hydroxyl groups is 1. The number of allylic oxidation sites excluding steroid dienone is 1. The summed E-state index contributed by atoms with van der Waals surface area (Å²) in [7, 11) is 5.26. The predicted molar refractivity (Wildman–Crippen MR) is 93.7 cm³/mol. The maximum absolute atomic E-state index is 10.1. The van der Waals surface area contributed by atoms with Crippen LogP contribution in [0.3, 0.4) is 0 Å². The standard InChI is InChI=1S/C19H27NO5/c1-20-9-8-19(7-6-15(21)11-18(19)20)14-4-5-16(24-12-22-2)17(10-14)25-13-23-3/h4-5,10-11,15,21H,6-9,12-13H2,1-3H3/t15-,19+/m1/s1. The highest BCUT2D eigenvalue weighted by Gasteiger charge is 2.45. The van der Waals surface area contributed by atoms with E-state index >= 15 is 0 Å². The number of aliphatic hydroxyl groups excluding tert-OH is 1. The Balaban J connectivity index is 1.97. The molecule has 25 heavy (non-hydrogen) atoms. The fourth-order valence-corrected chi connectivity index (χ4v) is 3.89. The van der Waals surface area contributed by atoms with Crippen molar-refractivity contribution in [3.63, 3.8) is 0 Å². The molecule has 3 rings (SSSR count). The van der Waals surface area contributed by atoms with Gasteiger partial charge in [-0.2, -0.15) is 0 Å². The van der Waals surface area contributed by atoms with Crippen LogP contribution in [-0.4, -0.2) is 57.5 Å². The molecule has 0 spiro atoms. The quantitative estimate of drug-likeness (QED) is 0.762. The molecule has 138 valence electrons. The van der Waals surface area contributed by atoms with Gasteiger partial charge in [0, 0.05) is 38.9 Å². The van der Waals surface area contributed by atoms with Gasteiger partial charge in [-0.25, -0.2) is 0 Å². The van der Waals surface area contributed by atoms with Crippen molar-refractivity contribution in [2.45, 2.75) is 30.8 Å². The van der Waals surface area contributed by atoms with Crippen molar-refractivity contribution < 1.29 is 24.1 Å². The highest BCUT2D eigenvalue weighted by Crippen LogP contribution is 2.50.